The number of alkyl halides is 3. The molecule has 0 bridgehead atoms. The summed E-state index contributed by atoms with van der Waals surface area (Å²) in [5.74, 6) is 0.286. The van der Waals surface area contributed by atoms with E-state index in [9.17, 15) is 23.1 Å². The number of nitrogens with zero attached hydrogens (tertiary/aromatic N) is 1. The van der Waals surface area contributed by atoms with Gasteiger partial charge in [0.15, 0.2) is 5.78 Å². The number of hydrogen-bond donors (Lipinski definition) is 1. The number of aromatic nitrogens is 1. The van der Waals surface area contributed by atoms with Crippen molar-refractivity contribution in [2.45, 2.75) is 108 Å². The summed E-state index contributed by atoms with van der Waals surface area (Å²) in [4.78, 5) is 17.1. The average Bonchev–Trinajstić information content (AvgIpc) is 3.27. The summed E-state index contributed by atoms with van der Waals surface area (Å²) in [6, 6.07) is 27.8. The van der Waals surface area contributed by atoms with Crippen LogP contribution in [0.4, 0.5) is 13.2 Å². The Labute approximate surface area is 345 Å². The molecule has 1 radical (unpaired) electrons. The molecule has 6 rings (SSSR count). The summed E-state index contributed by atoms with van der Waals surface area (Å²) in [5, 5.41) is 12.3. The van der Waals surface area contributed by atoms with E-state index in [2.05, 4.69) is 49.4 Å². The predicted molar refractivity (Wildman–Crippen MR) is 222 cm³/mol. The summed E-state index contributed by atoms with van der Waals surface area (Å²) in [7, 11) is 0. The number of halogens is 3. The van der Waals surface area contributed by atoms with E-state index in [4.69, 9.17) is 4.98 Å². The van der Waals surface area contributed by atoms with E-state index >= 15 is 0 Å². The molecule has 1 heterocycles. The minimum absolute atomic E-state index is 0. The zero-order valence-electron chi connectivity index (χ0n) is 34.4. The standard InChI is InChI=1S/C34H27F3N.C15H28O2.Ir/c1-20-14-21(2)16-23(15-20)32-28-11-7-10-27-26-13-12-22(18-33(3,4)34(35,36)37)17-29(26)24-8-5-6-9-25(24)30(19-38-32)31(27)28;1-7-14(5,8-2)12(16)11-13(17)15(6,9-3)10-4;/h5-15,17,19H,18H2,1-4H3;11,16H,7-10H2,1-6H3;/q-1;;/b;12-11-;. The van der Waals surface area contributed by atoms with E-state index in [1.165, 1.54) is 19.9 Å². The van der Waals surface area contributed by atoms with Gasteiger partial charge in [-0.1, -0.05) is 130 Å². The van der Waals surface area contributed by atoms with Crippen molar-refractivity contribution in [2.24, 2.45) is 16.2 Å². The second-order valence-electron chi connectivity index (χ2n) is 16.4. The molecule has 0 spiro atoms. The first-order chi connectivity index (χ1) is 25.8. The van der Waals surface area contributed by atoms with Crippen molar-refractivity contribution in [2.75, 3.05) is 0 Å². The van der Waals surface area contributed by atoms with Crippen LogP contribution in [0.3, 0.4) is 0 Å². The molecule has 1 aliphatic carbocycles. The molecule has 299 valence electrons. The monoisotopic (exact) mass is 939 g/mol. The maximum atomic E-state index is 13.7. The third-order valence-electron chi connectivity index (χ3n) is 12.2. The second kappa shape index (κ2) is 17.2. The van der Waals surface area contributed by atoms with Gasteiger partial charge in [0.1, 0.15) is 5.76 Å². The van der Waals surface area contributed by atoms with Crippen molar-refractivity contribution in [3.63, 3.8) is 0 Å². The maximum Gasteiger partial charge on any atom is 0.394 e. The number of aryl methyl sites for hydroxylation is 2. The van der Waals surface area contributed by atoms with Crippen molar-refractivity contribution in [3.05, 3.63) is 114 Å². The Morgan fingerprint density at radius 2 is 1.30 bits per heavy atom. The first-order valence-corrected chi connectivity index (χ1v) is 19.5. The molecule has 0 amide bonds. The third kappa shape index (κ3) is 8.75. The van der Waals surface area contributed by atoms with Crippen LogP contribution in [-0.2, 0) is 31.3 Å². The number of fused-ring (bicyclic) bond motifs is 5. The fraction of sp³-hybridized carbons (Fsp3) is 0.388. The second-order valence-corrected chi connectivity index (χ2v) is 16.4. The molecule has 0 saturated carbocycles. The summed E-state index contributed by atoms with van der Waals surface area (Å²) >= 11 is 0. The number of allylic oxidation sites excluding steroid dienone is 2. The van der Waals surface area contributed by atoms with Gasteiger partial charge in [0.05, 0.1) is 5.41 Å². The molecule has 7 heteroatoms. The molecule has 0 saturated heterocycles. The Bertz CT molecular complexity index is 2220. The van der Waals surface area contributed by atoms with Crippen LogP contribution in [0.25, 0.3) is 55.4 Å². The van der Waals surface area contributed by atoms with E-state index in [0.717, 1.165) is 92.2 Å². The Morgan fingerprint density at radius 1 is 0.732 bits per heavy atom. The van der Waals surface area contributed by atoms with Gasteiger partial charge in [0, 0.05) is 48.8 Å². The van der Waals surface area contributed by atoms with Crippen LogP contribution in [0, 0.1) is 36.2 Å². The van der Waals surface area contributed by atoms with Crippen LogP contribution in [0.5, 0.6) is 0 Å². The number of pyridine rings is 1. The van der Waals surface area contributed by atoms with Crippen molar-refractivity contribution >= 4 is 16.6 Å². The normalized spacial score (nSPS) is 12.8. The Kier molecular flexibility index (Phi) is 13.7. The van der Waals surface area contributed by atoms with Crippen LogP contribution >= 0.6 is 0 Å². The van der Waals surface area contributed by atoms with E-state index in [1.807, 2.05) is 91.1 Å². The van der Waals surface area contributed by atoms with Gasteiger partial charge in [-0.3, -0.25) is 4.79 Å². The van der Waals surface area contributed by atoms with Crippen molar-refractivity contribution in [1.29, 1.82) is 0 Å². The van der Waals surface area contributed by atoms with Crippen LogP contribution in [0.1, 0.15) is 97.8 Å². The van der Waals surface area contributed by atoms with E-state index in [1.54, 1.807) is 0 Å². The zero-order chi connectivity index (χ0) is 40.5. The molecule has 1 aromatic heterocycles. The zero-order valence-corrected chi connectivity index (χ0v) is 36.8. The Hall–Kier alpha value is -4.06. The summed E-state index contributed by atoms with van der Waals surface area (Å²) in [6.45, 7) is 18.7. The molecule has 0 unspecified atom stereocenters. The van der Waals surface area contributed by atoms with Gasteiger partial charge >= 0.3 is 6.18 Å². The topological polar surface area (TPSA) is 50.2 Å². The van der Waals surface area contributed by atoms with Crippen LogP contribution in [0.2, 0.25) is 0 Å². The SMILES string of the molecule is CCC(C)(CC)C(=O)/C=C(\O)C(C)(CC)CC.Cc1[c-]c(-c2ncc3c4c(cccc24)-c2ccc(CC(C)(C)C(F)(F)F)cc2-c2ccccc2-3)cc(C)c1.[Ir]. The molecule has 0 atom stereocenters. The van der Waals surface area contributed by atoms with Gasteiger partial charge in [0.25, 0.3) is 0 Å². The minimum atomic E-state index is -4.28. The predicted octanol–water partition coefficient (Wildman–Crippen LogP) is 14.4. The first kappa shape index (κ1) is 44.7. The molecule has 3 nitrogen and oxygen atoms in total. The first-order valence-electron chi connectivity index (χ1n) is 19.5. The third-order valence-corrected chi connectivity index (χ3v) is 12.2. The van der Waals surface area contributed by atoms with E-state index in [0.29, 0.717) is 5.56 Å². The summed E-state index contributed by atoms with van der Waals surface area (Å²) in [6.07, 6.45) is 2.32. The van der Waals surface area contributed by atoms with Gasteiger partial charge < -0.3 is 10.1 Å². The number of ketones is 1. The van der Waals surface area contributed by atoms with E-state index in [-0.39, 0.29) is 48.9 Å². The Balaban J connectivity index is 0.000000330. The number of hydrogen-bond acceptors (Lipinski definition) is 3. The fourth-order valence-corrected chi connectivity index (χ4v) is 7.38. The van der Waals surface area contributed by atoms with Gasteiger partial charge in [-0.2, -0.15) is 13.2 Å². The van der Waals surface area contributed by atoms with Crippen molar-refractivity contribution < 1.29 is 43.2 Å². The summed E-state index contributed by atoms with van der Waals surface area (Å²) in [5.41, 5.74) is 8.34. The molecule has 1 N–H and O–H groups in total. The number of rotatable bonds is 10. The Morgan fingerprint density at radius 3 is 1.88 bits per heavy atom. The van der Waals surface area contributed by atoms with Gasteiger partial charge in [0.2, 0.25) is 0 Å². The molecule has 0 aliphatic heterocycles. The van der Waals surface area contributed by atoms with Gasteiger partial charge in [-0.05, 0) is 82.0 Å². The molecular weight excluding hydrogens is 884 g/mol. The summed E-state index contributed by atoms with van der Waals surface area (Å²) < 4.78 is 41.1. The van der Waals surface area contributed by atoms with Crippen LogP contribution in [-0.4, -0.2) is 22.1 Å². The number of carbonyl (C=O) groups is 1. The molecule has 0 fully saturated rings. The quantitative estimate of drug-likeness (QED) is 0.0846. The maximum absolute atomic E-state index is 13.7. The van der Waals surface area contributed by atoms with Crippen molar-refractivity contribution in [3.8, 4) is 44.6 Å². The molecule has 1 aliphatic rings. The minimum Gasteiger partial charge on any atom is -0.512 e. The molecular formula is C49H55F3IrNO2-. The average molecular weight is 939 g/mol. The number of aliphatic hydroxyl groups is 1. The number of benzene rings is 4. The van der Waals surface area contributed by atoms with Crippen LogP contribution < -0.4 is 0 Å². The fourth-order valence-electron chi connectivity index (χ4n) is 7.38. The van der Waals surface area contributed by atoms with E-state index < -0.39 is 11.6 Å². The molecule has 56 heavy (non-hydrogen) atoms. The van der Waals surface area contributed by atoms with Crippen LogP contribution in [0.15, 0.2) is 90.8 Å². The largest absolute Gasteiger partial charge is 0.512 e. The molecule has 5 aromatic rings. The molecule has 4 aromatic carbocycles. The number of carbonyl (C=O) groups excluding carboxylic acids is 1. The van der Waals surface area contributed by atoms with Gasteiger partial charge in [-0.15, -0.1) is 34.9 Å². The van der Waals surface area contributed by atoms with Gasteiger partial charge in [-0.25, -0.2) is 0 Å². The number of aliphatic hydroxyl groups excluding tert-OH is 1. The smallest absolute Gasteiger partial charge is 0.394 e. The van der Waals surface area contributed by atoms with Crippen molar-refractivity contribution in [1.82, 2.24) is 4.98 Å².